The van der Waals surface area contributed by atoms with E-state index >= 15 is 0 Å². The van der Waals surface area contributed by atoms with Crippen molar-refractivity contribution in [3.05, 3.63) is 35.9 Å². The molecule has 1 aromatic rings. The molecule has 0 atom stereocenters. The molecule has 2 rings (SSSR count). The largest absolute Gasteiger partial charge is 0.381 e. The third-order valence-corrected chi connectivity index (χ3v) is 3.49. The minimum absolute atomic E-state index is 0.0224. The number of rotatable bonds is 10. The van der Waals surface area contributed by atoms with Crippen LogP contribution in [0, 0.1) is 5.92 Å². The van der Waals surface area contributed by atoms with E-state index in [1.807, 2.05) is 30.3 Å². The van der Waals surface area contributed by atoms with Gasteiger partial charge >= 0.3 is 0 Å². The quantitative estimate of drug-likeness (QED) is 0.640. The van der Waals surface area contributed by atoms with E-state index in [4.69, 9.17) is 4.74 Å². The molecule has 0 radical (unpaired) electrons. The molecule has 1 saturated carbocycles. The van der Waals surface area contributed by atoms with Gasteiger partial charge in [0.2, 0.25) is 11.8 Å². The first-order valence-electron chi connectivity index (χ1n) is 7.89. The number of amides is 2. The average molecular weight is 304 g/mol. The summed E-state index contributed by atoms with van der Waals surface area (Å²) in [5, 5.41) is 5.40. The van der Waals surface area contributed by atoms with Crippen molar-refractivity contribution >= 4 is 11.8 Å². The molecule has 5 nitrogen and oxygen atoms in total. The summed E-state index contributed by atoms with van der Waals surface area (Å²) in [5.41, 5.74) is 0.938. The van der Waals surface area contributed by atoms with Crippen LogP contribution in [0.4, 0.5) is 0 Å². The first-order valence-corrected chi connectivity index (χ1v) is 7.89. The van der Waals surface area contributed by atoms with Gasteiger partial charge in [-0.2, -0.15) is 0 Å². The summed E-state index contributed by atoms with van der Waals surface area (Å²) >= 11 is 0. The molecule has 0 heterocycles. The zero-order valence-electron chi connectivity index (χ0n) is 12.8. The van der Waals surface area contributed by atoms with E-state index in [9.17, 15) is 9.59 Å². The number of ether oxygens (including phenoxy) is 1. The van der Waals surface area contributed by atoms with Gasteiger partial charge in [-0.05, 0) is 30.7 Å². The molecule has 2 amide bonds. The second kappa shape index (κ2) is 9.20. The Morgan fingerprint density at radius 3 is 2.59 bits per heavy atom. The lowest BCUT2D eigenvalue weighted by molar-refractivity contribution is -0.125. The molecule has 1 aliphatic rings. The van der Waals surface area contributed by atoms with Gasteiger partial charge in [-0.25, -0.2) is 0 Å². The molecule has 1 fully saturated rings. The number of hydrogen-bond donors (Lipinski definition) is 2. The van der Waals surface area contributed by atoms with Gasteiger partial charge in [0.25, 0.3) is 0 Å². The topological polar surface area (TPSA) is 67.4 Å². The highest BCUT2D eigenvalue weighted by Crippen LogP contribution is 2.28. The Bertz CT molecular complexity index is 472. The lowest BCUT2D eigenvalue weighted by atomic mass is 10.1. The fourth-order valence-electron chi connectivity index (χ4n) is 2.02. The summed E-state index contributed by atoms with van der Waals surface area (Å²) in [4.78, 5) is 23.3. The summed E-state index contributed by atoms with van der Waals surface area (Å²) in [5.74, 6) is 0.465. The van der Waals surface area contributed by atoms with Crippen molar-refractivity contribution in [1.29, 1.82) is 0 Å². The van der Waals surface area contributed by atoms with Crippen LogP contribution >= 0.6 is 0 Å². The van der Waals surface area contributed by atoms with Gasteiger partial charge < -0.3 is 15.4 Å². The van der Waals surface area contributed by atoms with E-state index in [2.05, 4.69) is 10.6 Å². The van der Waals surface area contributed by atoms with Crippen molar-refractivity contribution in [2.45, 2.75) is 25.7 Å². The highest BCUT2D eigenvalue weighted by molar-refractivity contribution is 5.85. The Morgan fingerprint density at radius 2 is 1.86 bits per heavy atom. The second-order valence-electron chi connectivity index (χ2n) is 5.66. The van der Waals surface area contributed by atoms with Crippen molar-refractivity contribution in [2.24, 2.45) is 5.92 Å². The fourth-order valence-corrected chi connectivity index (χ4v) is 2.02. The summed E-state index contributed by atoms with van der Waals surface area (Å²) < 4.78 is 5.48. The zero-order chi connectivity index (χ0) is 15.6. The van der Waals surface area contributed by atoms with Gasteiger partial charge in [-0.1, -0.05) is 30.3 Å². The Hall–Kier alpha value is -1.88. The Balaban J connectivity index is 1.46. The normalized spacial score (nSPS) is 13.6. The Kier molecular flexibility index (Phi) is 6.90. The average Bonchev–Trinajstić information content (AvgIpc) is 3.34. The maximum Gasteiger partial charge on any atom is 0.239 e. The number of carbonyl (C=O) groups is 2. The van der Waals surface area contributed by atoms with Crippen LogP contribution < -0.4 is 10.6 Å². The van der Waals surface area contributed by atoms with E-state index < -0.39 is 0 Å². The number of nitrogens with one attached hydrogen (secondary N) is 2. The number of benzene rings is 1. The Morgan fingerprint density at radius 1 is 1.09 bits per heavy atom. The maximum atomic E-state index is 11.7. The van der Waals surface area contributed by atoms with Crippen LogP contribution in [0.5, 0.6) is 0 Å². The van der Waals surface area contributed by atoms with Gasteiger partial charge in [0, 0.05) is 19.8 Å². The molecule has 0 unspecified atom stereocenters. The molecule has 1 aromatic carbocycles. The van der Waals surface area contributed by atoms with E-state index in [0.717, 1.165) is 24.5 Å². The van der Waals surface area contributed by atoms with Gasteiger partial charge in [-0.3, -0.25) is 9.59 Å². The van der Waals surface area contributed by atoms with Crippen LogP contribution in [0.3, 0.4) is 0 Å². The second-order valence-corrected chi connectivity index (χ2v) is 5.66. The first-order chi connectivity index (χ1) is 10.7. The minimum Gasteiger partial charge on any atom is -0.381 e. The van der Waals surface area contributed by atoms with Crippen LogP contribution in [0.2, 0.25) is 0 Å². The molecule has 2 N–H and O–H groups in total. The van der Waals surface area contributed by atoms with Crippen molar-refractivity contribution in [1.82, 2.24) is 10.6 Å². The van der Waals surface area contributed by atoms with Crippen LogP contribution in [0.1, 0.15) is 24.8 Å². The predicted octanol–water partition coefficient (Wildman–Crippen LogP) is 1.28. The molecule has 0 bridgehead atoms. The van der Waals surface area contributed by atoms with Crippen molar-refractivity contribution < 1.29 is 14.3 Å². The predicted molar refractivity (Wildman–Crippen MR) is 84.3 cm³/mol. The van der Waals surface area contributed by atoms with E-state index in [0.29, 0.717) is 19.6 Å². The number of carbonyl (C=O) groups excluding carboxylic acids is 2. The molecule has 0 aromatic heterocycles. The van der Waals surface area contributed by atoms with Crippen molar-refractivity contribution in [3.8, 4) is 0 Å². The lowest BCUT2D eigenvalue weighted by Crippen LogP contribution is -2.38. The van der Waals surface area contributed by atoms with Gasteiger partial charge in [0.1, 0.15) is 0 Å². The molecular weight excluding hydrogens is 280 g/mol. The van der Waals surface area contributed by atoms with Crippen molar-refractivity contribution in [3.63, 3.8) is 0 Å². The third kappa shape index (κ3) is 7.22. The monoisotopic (exact) mass is 304 g/mol. The van der Waals surface area contributed by atoms with Gasteiger partial charge in [-0.15, -0.1) is 0 Å². The molecule has 0 spiro atoms. The molecule has 1 aliphatic carbocycles. The van der Waals surface area contributed by atoms with Crippen molar-refractivity contribution in [2.75, 3.05) is 26.3 Å². The molecule has 120 valence electrons. The maximum absolute atomic E-state index is 11.7. The van der Waals surface area contributed by atoms with Crippen LogP contribution in [0.25, 0.3) is 0 Å². The molecular formula is C17H24N2O3. The van der Waals surface area contributed by atoms with Gasteiger partial charge in [0.05, 0.1) is 13.0 Å². The SMILES string of the molecule is O=C(CNC(=O)Cc1ccccc1)NCCCOCC1CC1. The Labute approximate surface area is 131 Å². The van der Waals surface area contributed by atoms with E-state index in [1.54, 1.807) is 0 Å². The van der Waals surface area contributed by atoms with E-state index in [1.165, 1.54) is 12.8 Å². The standard InChI is InChI=1S/C17H24N2O3/c20-16(11-14-5-2-1-3-6-14)19-12-17(21)18-9-4-10-22-13-15-7-8-15/h1-3,5-6,15H,4,7-13H2,(H,18,21)(H,19,20). The molecule has 0 aliphatic heterocycles. The van der Waals surface area contributed by atoms with Crippen LogP contribution in [0.15, 0.2) is 30.3 Å². The van der Waals surface area contributed by atoms with Crippen LogP contribution in [-0.4, -0.2) is 38.1 Å². The van der Waals surface area contributed by atoms with Gasteiger partial charge in [0.15, 0.2) is 0 Å². The molecule has 22 heavy (non-hydrogen) atoms. The first kappa shape index (κ1) is 16.5. The van der Waals surface area contributed by atoms with E-state index in [-0.39, 0.29) is 18.4 Å². The third-order valence-electron chi connectivity index (χ3n) is 3.49. The van der Waals surface area contributed by atoms with Crippen LogP contribution in [-0.2, 0) is 20.7 Å². The summed E-state index contributed by atoms with van der Waals surface area (Å²) in [6.07, 6.45) is 3.68. The molecule has 5 heteroatoms. The highest BCUT2D eigenvalue weighted by Gasteiger charge is 2.20. The lowest BCUT2D eigenvalue weighted by Gasteiger charge is -2.07. The number of hydrogen-bond acceptors (Lipinski definition) is 3. The highest BCUT2D eigenvalue weighted by atomic mass is 16.5. The smallest absolute Gasteiger partial charge is 0.239 e. The fraction of sp³-hybridized carbons (Fsp3) is 0.529. The summed E-state index contributed by atoms with van der Waals surface area (Å²) in [6.45, 7) is 2.13. The molecule has 0 saturated heterocycles. The summed E-state index contributed by atoms with van der Waals surface area (Å²) in [6, 6.07) is 9.47. The summed E-state index contributed by atoms with van der Waals surface area (Å²) in [7, 11) is 0. The zero-order valence-corrected chi connectivity index (χ0v) is 12.8. The minimum atomic E-state index is -0.163.